The highest BCUT2D eigenvalue weighted by Gasteiger charge is 2.33. The van der Waals surface area contributed by atoms with E-state index < -0.39 is 0 Å². The number of aromatic nitrogens is 3. The average molecular weight is 343 g/mol. The Balaban J connectivity index is 1.63. The van der Waals surface area contributed by atoms with Gasteiger partial charge in [-0.1, -0.05) is 30.3 Å². The lowest BCUT2D eigenvalue weighted by Gasteiger charge is -2.40. The number of carbonyl (C=O) groups excluding carboxylic acids is 1. The van der Waals surface area contributed by atoms with Crippen molar-refractivity contribution in [1.29, 1.82) is 0 Å². The number of amides is 2. The molecule has 134 valence electrons. The Morgan fingerprint density at radius 2 is 2.16 bits per heavy atom. The van der Waals surface area contributed by atoms with Gasteiger partial charge in [0.15, 0.2) is 0 Å². The van der Waals surface area contributed by atoms with Crippen molar-refractivity contribution in [2.45, 2.75) is 38.8 Å². The van der Waals surface area contributed by atoms with Gasteiger partial charge in [0.05, 0.1) is 36.7 Å². The maximum absolute atomic E-state index is 12.6. The minimum absolute atomic E-state index is 0.0928. The standard InChI is InChI=1S/C18H25N5O2/c1-4-18(3)13-22(10-11-25-18)17(24)19-14(2)16-12-23(21-20-16)15-8-6-5-7-9-15/h5-9,12,14H,4,10-11,13H2,1-3H3,(H,19,24)/t14-,18-/m0/s1. The van der Waals surface area contributed by atoms with Crippen LogP contribution < -0.4 is 5.32 Å². The lowest BCUT2D eigenvalue weighted by Crippen LogP contribution is -2.54. The highest BCUT2D eigenvalue weighted by molar-refractivity contribution is 5.74. The fraction of sp³-hybridized carbons (Fsp3) is 0.500. The molecule has 7 heteroatoms. The first-order valence-corrected chi connectivity index (χ1v) is 8.68. The van der Waals surface area contributed by atoms with Crippen molar-refractivity contribution in [3.63, 3.8) is 0 Å². The van der Waals surface area contributed by atoms with Gasteiger partial charge in [-0.2, -0.15) is 0 Å². The summed E-state index contributed by atoms with van der Waals surface area (Å²) in [4.78, 5) is 14.4. The monoisotopic (exact) mass is 343 g/mol. The zero-order valence-corrected chi connectivity index (χ0v) is 15.0. The van der Waals surface area contributed by atoms with Gasteiger partial charge < -0.3 is 15.0 Å². The summed E-state index contributed by atoms with van der Waals surface area (Å²) in [5.41, 5.74) is 1.39. The zero-order valence-electron chi connectivity index (χ0n) is 15.0. The average Bonchev–Trinajstić information content (AvgIpc) is 3.13. The smallest absolute Gasteiger partial charge is 0.318 e. The van der Waals surface area contributed by atoms with Crippen LogP contribution in [0.4, 0.5) is 4.79 Å². The molecule has 0 spiro atoms. The summed E-state index contributed by atoms with van der Waals surface area (Å²) >= 11 is 0. The van der Waals surface area contributed by atoms with Crippen molar-refractivity contribution in [2.75, 3.05) is 19.7 Å². The van der Waals surface area contributed by atoms with E-state index in [0.29, 0.717) is 19.7 Å². The minimum Gasteiger partial charge on any atom is -0.372 e. The fourth-order valence-electron chi connectivity index (χ4n) is 2.85. The lowest BCUT2D eigenvalue weighted by molar-refractivity contribution is -0.0874. The maximum Gasteiger partial charge on any atom is 0.318 e. The third-order valence-corrected chi connectivity index (χ3v) is 4.69. The van der Waals surface area contributed by atoms with Crippen LogP contribution in [0.2, 0.25) is 0 Å². The number of morpholine rings is 1. The topological polar surface area (TPSA) is 72.3 Å². The highest BCUT2D eigenvalue weighted by atomic mass is 16.5. The highest BCUT2D eigenvalue weighted by Crippen LogP contribution is 2.21. The van der Waals surface area contributed by atoms with Crippen molar-refractivity contribution >= 4 is 6.03 Å². The molecule has 2 atom stereocenters. The SMILES string of the molecule is CC[C@@]1(C)CN(C(=O)N[C@@H](C)c2cn(-c3ccccc3)nn2)CCO1. The molecule has 1 saturated heterocycles. The van der Waals surface area contributed by atoms with E-state index >= 15 is 0 Å². The van der Waals surface area contributed by atoms with Gasteiger partial charge in [-0.05, 0) is 32.4 Å². The molecule has 2 amide bonds. The Morgan fingerprint density at radius 1 is 1.40 bits per heavy atom. The van der Waals surface area contributed by atoms with E-state index in [1.54, 1.807) is 4.68 Å². The van der Waals surface area contributed by atoms with Crippen LogP contribution in [-0.4, -0.2) is 51.2 Å². The van der Waals surface area contributed by atoms with Crippen LogP contribution in [0, 0.1) is 0 Å². The van der Waals surface area contributed by atoms with E-state index in [2.05, 4.69) is 22.6 Å². The Labute approximate surface area is 148 Å². The molecule has 25 heavy (non-hydrogen) atoms. The third kappa shape index (κ3) is 3.99. The largest absolute Gasteiger partial charge is 0.372 e. The Kier molecular flexibility index (Phi) is 5.03. The van der Waals surface area contributed by atoms with Gasteiger partial charge >= 0.3 is 6.03 Å². The molecule has 1 N–H and O–H groups in total. The molecule has 2 heterocycles. The van der Waals surface area contributed by atoms with Gasteiger partial charge in [-0.25, -0.2) is 9.48 Å². The van der Waals surface area contributed by atoms with E-state index in [1.165, 1.54) is 0 Å². The molecule has 3 rings (SSSR count). The van der Waals surface area contributed by atoms with Crippen LogP contribution in [0.1, 0.15) is 38.9 Å². The third-order valence-electron chi connectivity index (χ3n) is 4.69. The van der Waals surface area contributed by atoms with Crippen molar-refractivity contribution in [1.82, 2.24) is 25.2 Å². The lowest BCUT2D eigenvalue weighted by atomic mass is 10.0. The van der Waals surface area contributed by atoms with Crippen LogP contribution in [0.3, 0.4) is 0 Å². The van der Waals surface area contributed by atoms with Gasteiger partial charge in [0.1, 0.15) is 5.69 Å². The minimum atomic E-state index is -0.269. The van der Waals surface area contributed by atoms with Gasteiger partial charge in [0.25, 0.3) is 0 Å². The van der Waals surface area contributed by atoms with Gasteiger partial charge in [-0.15, -0.1) is 5.10 Å². The maximum atomic E-state index is 12.6. The number of urea groups is 1. The van der Waals surface area contributed by atoms with Crippen LogP contribution in [0.15, 0.2) is 36.5 Å². The summed E-state index contributed by atoms with van der Waals surface area (Å²) in [6.07, 6.45) is 2.72. The molecular formula is C18H25N5O2. The quantitative estimate of drug-likeness (QED) is 0.926. The number of benzene rings is 1. The number of carbonyl (C=O) groups is 1. The molecule has 7 nitrogen and oxygen atoms in total. The summed E-state index contributed by atoms with van der Waals surface area (Å²) < 4.78 is 7.50. The summed E-state index contributed by atoms with van der Waals surface area (Å²) in [6.45, 7) is 7.80. The van der Waals surface area contributed by atoms with Crippen molar-refractivity contribution in [3.05, 3.63) is 42.2 Å². The fourth-order valence-corrected chi connectivity index (χ4v) is 2.85. The number of hydrogen-bond acceptors (Lipinski definition) is 4. The van der Waals surface area contributed by atoms with Gasteiger partial charge in [0.2, 0.25) is 0 Å². The molecule has 0 aliphatic carbocycles. The molecule has 1 aliphatic rings. The molecule has 2 aromatic rings. The number of rotatable bonds is 4. The summed E-state index contributed by atoms with van der Waals surface area (Å²) in [5, 5.41) is 11.3. The Hall–Kier alpha value is -2.41. The second-order valence-electron chi connectivity index (χ2n) is 6.67. The molecule has 0 saturated carbocycles. The summed E-state index contributed by atoms with van der Waals surface area (Å²) in [7, 11) is 0. The first-order chi connectivity index (χ1) is 12.0. The predicted molar refractivity (Wildman–Crippen MR) is 94.5 cm³/mol. The predicted octanol–water partition coefficient (Wildman–Crippen LogP) is 2.54. The number of ether oxygens (including phenoxy) is 1. The van der Waals surface area contributed by atoms with Gasteiger partial charge in [0, 0.05) is 6.54 Å². The van der Waals surface area contributed by atoms with Crippen molar-refractivity contribution < 1.29 is 9.53 Å². The molecule has 1 aromatic heterocycles. The van der Waals surface area contributed by atoms with Crippen LogP contribution in [0.5, 0.6) is 0 Å². The molecule has 0 bridgehead atoms. The molecule has 1 aromatic carbocycles. The Bertz CT molecular complexity index is 717. The molecule has 1 fully saturated rings. The van der Waals surface area contributed by atoms with Crippen molar-refractivity contribution in [2.24, 2.45) is 0 Å². The molecule has 0 radical (unpaired) electrons. The van der Waals surface area contributed by atoms with E-state index in [0.717, 1.165) is 17.8 Å². The second kappa shape index (κ2) is 7.23. The van der Waals surface area contributed by atoms with Crippen LogP contribution >= 0.6 is 0 Å². The molecule has 0 unspecified atom stereocenters. The first-order valence-electron chi connectivity index (χ1n) is 8.68. The number of nitrogens with zero attached hydrogens (tertiary/aromatic N) is 4. The number of nitrogens with one attached hydrogen (secondary N) is 1. The first kappa shape index (κ1) is 17.4. The van der Waals surface area contributed by atoms with Crippen molar-refractivity contribution in [3.8, 4) is 5.69 Å². The number of hydrogen-bond donors (Lipinski definition) is 1. The molecule has 1 aliphatic heterocycles. The van der Waals surface area contributed by atoms with Crippen LogP contribution in [-0.2, 0) is 4.74 Å². The normalized spacial score (nSPS) is 21.8. The van der Waals surface area contributed by atoms with E-state index in [1.807, 2.05) is 55.3 Å². The van der Waals surface area contributed by atoms with E-state index in [-0.39, 0.29) is 17.7 Å². The second-order valence-corrected chi connectivity index (χ2v) is 6.67. The van der Waals surface area contributed by atoms with Crippen LogP contribution in [0.25, 0.3) is 5.69 Å². The molecular weight excluding hydrogens is 318 g/mol. The number of para-hydroxylation sites is 1. The zero-order chi connectivity index (χ0) is 17.9. The van der Waals surface area contributed by atoms with Gasteiger partial charge in [-0.3, -0.25) is 0 Å². The summed E-state index contributed by atoms with van der Waals surface area (Å²) in [6, 6.07) is 9.46. The summed E-state index contributed by atoms with van der Waals surface area (Å²) in [5.74, 6) is 0. The van der Waals surface area contributed by atoms with E-state index in [4.69, 9.17) is 4.74 Å². The Morgan fingerprint density at radius 3 is 2.88 bits per heavy atom. The van der Waals surface area contributed by atoms with E-state index in [9.17, 15) is 4.79 Å².